The summed E-state index contributed by atoms with van der Waals surface area (Å²) in [6.45, 7) is 0. The fourth-order valence-electron chi connectivity index (χ4n) is 1.20. The van der Waals surface area contributed by atoms with Crippen LogP contribution in [0.15, 0.2) is 35.9 Å². The zero-order chi connectivity index (χ0) is 7.68. The van der Waals surface area contributed by atoms with E-state index >= 15 is 0 Å². The van der Waals surface area contributed by atoms with E-state index in [9.17, 15) is 0 Å². The van der Waals surface area contributed by atoms with Crippen molar-refractivity contribution in [2.24, 2.45) is 0 Å². The van der Waals surface area contributed by atoms with Gasteiger partial charge in [-0.3, -0.25) is 0 Å². The van der Waals surface area contributed by atoms with Gasteiger partial charge in [-0.15, -0.1) is 0 Å². The molecular weight excluding hydrogens is 140 g/mol. The van der Waals surface area contributed by atoms with E-state index in [0.29, 0.717) is 0 Å². The molecule has 0 saturated carbocycles. The molecule has 58 valence electrons. The summed E-state index contributed by atoms with van der Waals surface area (Å²) in [5.41, 5.74) is 1.21. The molecule has 0 aliphatic carbocycles. The predicted octanol–water partition coefficient (Wildman–Crippen LogP) is 0.447. The summed E-state index contributed by atoms with van der Waals surface area (Å²) in [6.07, 6.45) is 8.07. The first-order valence-electron chi connectivity index (χ1n) is 3.54. The molecule has 2 N–H and O–H groups in total. The monoisotopic (exact) mass is 150 g/mol. The van der Waals surface area contributed by atoms with E-state index in [1.165, 1.54) is 5.57 Å². The van der Waals surface area contributed by atoms with Gasteiger partial charge < -0.3 is 15.4 Å². The summed E-state index contributed by atoms with van der Waals surface area (Å²) >= 11 is 0. The molecule has 0 bridgehead atoms. The lowest BCUT2D eigenvalue weighted by atomic mass is 10.1. The Morgan fingerprint density at radius 3 is 3.18 bits per heavy atom. The minimum Gasteiger partial charge on any atom is -0.495 e. The third-order valence-electron chi connectivity index (χ3n) is 1.81. The Morgan fingerprint density at radius 1 is 1.45 bits per heavy atom. The first-order valence-corrected chi connectivity index (χ1v) is 3.54. The summed E-state index contributed by atoms with van der Waals surface area (Å²) in [7, 11) is 1.66. The van der Waals surface area contributed by atoms with Crippen LogP contribution in [0.3, 0.4) is 0 Å². The van der Waals surface area contributed by atoms with E-state index in [-0.39, 0.29) is 6.17 Å². The van der Waals surface area contributed by atoms with Gasteiger partial charge >= 0.3 is 0 Å². The Hall–Kier alpha value is -1.38. The van der Waals surface area contributed by atoms with E-state index < -0.39 is 0 Å². The minimum absolute atomic E-state index is 0.244. The quantitative estimate of drug-likeness (QED) is 0.569. The molecule has 2 aliphatic heterocycles. The zero-order valence-electron chi connectivity index (χ0n) is 6.29. The van der Waals surface area contributed by atoms with Crippen molar-refractivity contribution in [1.82, 2.24) is 10.6 Å². The van der Waals surface area contributed by atoms with Gasteiger partial charge in [0.2, 0.25) is 0 Å². The Balaban J connectivity index is 2.23. The van der Waals surface area contributed by atoms with Crippen LogP contribution in [0, 0.1) is 0 Å². The lowest BCUT2D eigenvalue weighted by Crippen LogP contribution is -2.36. The van der Waals surface area contributed by atoms with Crippen LogP contribution >= 0.6 is 0 Å². The van der Waals surface area contributed by atoms with Crippen LogP contribution in [0.1, 0.15) is 0 Å². The van der Waals surface area contributed by atoms with Crippen LogP contribution in [-0.4, -0.2) is 13.3 Å². The molecule has 0 aromatic heterocycles. The topological polar surface area (TPSA) is 33.3 Å². The number of allylic oxidation sites excluding steroid dienone is 1. The van der Waals surface area contributed by atoms with Crippen molar-refractivity contribution in [1.29, 1.82) is 0 Å². The van der Waals surface area contributed by atoms with Gasteiger partial charge in [0.15, 0.2) is 0 Å². The molecule has 0 radical (unpaired) electrons. The maximum Gasteiger partial charge on any atom is 0.134 e. The Bertz CT molecular complexity index is 253. The highest BCUT2D eigenvalue weighted by molar-refractivity contribution is 5.38. The molecule has 0 spiro atoms. The number of hydrogen-bond acceptors (Lipinski definition) is 3. The second-order valence-electron chi connectivity index (χ2n) is 2.49. The maximum atomic E-state index is 5.06. The van der Waals surface area contributed by atoms with E-state index in [1.54, 1.807) is 7.11 Å². The minimum atomic E-state index is 0.244. The molecule has 0 aromatic carbocycles. The third kappa shape index (κ3) is 0.981. The Kier molecular flexibility index (Phi) is 1.35. The molecule has 0 fully saturated rings. The number of fused-ring (bicyclic) bond motifs is 1. The number of dihydropyridines is 1. The molecule has 2 rings (SSSR count). The fourth-order valence-corrected chi connectivity index (χ4v) is 1.20. The number of ether oxygens (including phenoxy) is 1. The van der Waals surface area contributed by atoms with Gasteiger partial charge in [-0.05, 0) is 23.9 Å². The summed E-state index contributed by atoms with van der Waals surface area (Å²) in [5, 5.41) is 6.30. The predicted molar refractivity (Wildman–Crippen MR) is 42.4 cm³/mol. The summed E-state index contributed by atoms with van der Waals surface area (Å²) in [6, 6.07) is 0. The van der Waals surface area contributed by atoms with Gasteiger partial charge in [-0.2, -0.15) is 0 Å². The standard InChI is InChI=1S/C8H10N2O/c1-11-7-4-6-2-3-9-8(6)10-5-7/h2-5,8-10H,1H3. The van der Waals surface area contributed by atoms with Crippen LogP contribution in [-0.2, 0) is 4.74 Å². The van der Waals surface area contributed by atoms with Crippen molar-refractivity contribution in [3.63, 3.8) is 0 Å². The van der Waals surface area contributed by atoms with E-state index in [4.69, 9.17) is 4.74 Å². The lowest BCUT2D eigenvalue weighted by molar-refractivity contribution is 0.299. The molecule has 0 amide bonds. The number of hydrogen-bond donors (Lipinski definition) is 2. The summed E-state index contributed by atoms with van der Waals surface area (Å²) < 4.78 is 5.06. The smallest absolute Gasteiger partial charge is 0.134 e. The summed E-state index contributed by atoms with van der Waals surface area (Å²) in [5.74, 6) is 0.865. The van der Waals surface area contributed by atoms with Crippen LogP contribution in [0.5, 0.6) is 0 Å². The molecule has 0 aromatic rings. The van der Waals surface area contributed by atoms with Crippen molar-refractivity contribution in [2.75, 3.05) is 7.11 Å². The van der Waals surface area contributed by atoms with Crippen molar-refractivity contribution < 1.29 is 4.74 Å². The average molecular weight is 150 g/mol. The van der Waals surface area contributed by atoms with Gasteiger partial charge in [0.05, 0.1) is 7.11 Å². The van der Waals surface area contributed by atoms with Gasteiger partial charge in [-0.1, -0.05) is 0 Å². The third-order valence-corrected chi connectivity index (χ3v) is 1.81. The van der Waals surface area contributed by atoms with Gasteiger partial charge in [-0.25, -0.2) is 0 Å². The number of nitrogens with one attached hydrogen (secondary N) is 2. The van der Waals surface area contributed by atoms with Gasteiger partial charge in [0, 0.05) is 6.20 Å². The Labute approximate surface area is 65.4 Å². The molecule has 1 unspecified atom stereocenters. The normalized spacial score (nSPS) is 26.1. The van der Waals surface area contributed by atoms with Crippen molar-refractivity contribution in [2.45, 2.75) is 6.17 Å². The molecule has 2 aliphatic rings. The highest BCUT2D eigenvalue weighted by atomic mass is 16.5. The van der Waals surface area contributed by atoms with Gasteiger partial charge in [0.25, 0.3) is 0 Å². The number of rotatable bonds is 1. The largest absolute Gasteiger partial charge is 0.495 e. The zero-order valence-corrected chi connectivity index (χ0v) is 6.29. The maximum absolute atomic E-state index is 5.06. The van der Waals surface area contributed by atoms with Gasteiger partial charge in [0.1, 0.15) is 11.9 Å². The number of methoxy groups -OCH3 is 1. The van der Waals surface area contributed by atoms with Crippen LogP contribution in [0.4, 0.5) is 0 Å². The highest BCUT2D eigenvalue weighted by Gasteiger charge is 2.17. The molecule has 0 saturated heterocycles. The van der Waals surface area contributed by atoms with E-state index in [2.05, 4.69) is 10.6 Å². The molecule has 3 nitrogen and oxygen atoms in total. The first kappa shape index (κ1) is 6.34. The molecule has 1 atom stereocenters. The van der Waals surface area contributed by atoms with Crippen LogP contribution in [0.25, 0.3) is 0 Å². The van der Waals surface area contributed by atoms with E-state index in [0.717, 1.165) is 5.76 Å². The second kappa shape index (κ2) is 2.34. The average Bonchev–Trinajstić information content (AvgIpc) is 2.50. The van der Waals surface area contributed by atoms with Crippen molar-refractivity contribution >= 4 is 0 Å². The molecule has 3 heteroatoms. The highest BCUT2D eigenvalue weighted by Crippen LogP contribution is 2.15. The lowest BCUT2D eigenvalue weighted by Gasteiger charge is -2.18. The molecule has 2 heterocycles. The second-order valence-corrected chi connectivity index (χ2v) is 2.49. The SMILES string of the molecule is COC1=CNC2NC=CC2=C1. The molecule has 11 heavy (non-hydrogen) atoms. The van der Waals surface area contributed by atoms with Crippen molar-refractivity contribution in [3.8, 4) is 0 Å². The van der Waals surface area contributed by atoms with Crippen molar-refractivity contribution in [3.05, 3.63) is 35.9 Å². The summed E-state index contributed by atoms with van der Waals surface area (Å²) in [4.78, 5) is 0. The Morgan fingerprint density at radius 2 is 2.36 bits per heavy atom. The molecular formula is C8H10N2O. The van der Waals surface area contributed by atoms with E-state index in [1.807, 2.05) is 24.6 Å². The fraction of sp³-hybridized carbons (Fsp3) is 0.250. The first-order chi connectivity index (χ1) is 5.40. The van der Waals surface area contributed by atoms with Crippen LogP contribution < -0.4 is 10.6 Å². The van der Waals surface area contributed by atoms with Crippen LogP contribution in [0.2, 0.25) is 0 Å².